The van der Waals surface area contributed by atoms with E-state index in [0.29, 0.717) is 16.8 Å². The monoisotopic (exact) mass is 328 g/mol. The van der Waals surface area contributed by atoms with Crippen LogP contribution in [-0.2, 0) is 0 Å². The Morgan fingerprint density at radius 2 is 2.21 bits per heavy atom. The van der Waals surface area contributed by atoms with E-state index >= 15 is 0 Å². The lowest BCUT2D eigenvalue weighted by atomic mass is 9.72. The van der Waals surface area contributed by atoms with Crippen molar-refractivity contribution in [1.29, 1.82) is 0 Å². The van der Waals surface area contributed by atoms with Gasteiger partial charge in [-0.2, -0.15) is 4.73 Å². The summed E-state index contributed by atoms with van der Waals surface area (Å²) in [5.74, 6) is 1.54. The van der Waals surface area contributed by atoms with Crippen LogP contribution in [0.1, 0.15) is 37.9 Å². The minimum absolute atomic E-state index is 0.0969. The number of aromatic hydroxyl groups is 1. The Labute approximate surface area is 141 Å². The van der Waals surface area contributed by atoms with Gasteiger partial charge in [-0.3, -0.25) is 4.90 Å². The van der Waals surface area contributed by atoms with Crippen molar-refractivity contribution in [2.75, 3.05) is 13.1 Å². The summed E-state index contributed by atoms with van der Waals surface area (Å²) >= 11 is 0. The summed E-state index contributed by atoms with van der Waals surface area (Å²) in [6.45, 7) is 4.35. The van der Waals surface area contributed by atoms with Crippen LogP contribution in [0.15, 0.2) is 30.5 Å². The number of benzene rings is 1. The summed E-state index contributed by atoms with van der Waals surface area (Å²) in [5, 5.41) is 33.5. The van der Waals surface area contributed by atoms with Gasteiger partial charge in [-0.1, -0.05) is 13.3 Å². The molecule has 0 saturated carbocycles. The first kappa shape index (κ1) is 15.7. The molecule has 4 heterocycles. The number of hydrogen-bond donors (Lipinski definition) is 2. The standard InChI is InChI=1S/C19H24N2O3/c1-2-12-11-20-7-5-13(12)9-18(20)19(23)15-6-8-21(24)17-4-3-14(22)10-16(15)17/h3-4,6,8,10,12-13,18-19,22-23H,2,5,7,9,11H2,1H3/t12-,13-,18+,19+/m0/s1. The minimum Gasteiger partial charge on any atom is -0.618 e. The van der Waals surface area contributed by atoms with E-state index in [1.807, 2.05) is 0 Å². The molecule has 5 nitrogen and oxygen atoms in total. The number of aromatic nitrogens is 1. The van der Waals surface area contributed by atoms with E-state index in [9.17, 15) is 15.4 Å². The maximum atomic E-state index is 12.0. The van der Waals surface area contributed by atoms with Gasteiger partial charge in [0.25, 0.3) is 0 Å². The highest BCUT2D eigenvalue weighted by atomic mass is 16.5. The zero-order valence-electron chi connectivity index (χ0n) is 13.9. The van der Waals surface area contributed by atoms with Crippen molar-refractivity contribution in [2.24, 2.45) is 11.8 Å². The third-order valence-corrected chi connectivity index (χ3v) is 6.06. The van der Waals surface area contributed by atoms with Gasteiger partial charge in [-0.25, -0.2) is 0 Å². The summed E-state index contributed by atoms with van der Waals surface area (Å²) in [5.41, 5.74) is 1.21. The number of fused-ring (bicyclic) bond motifs is 4. The van der Waals surface area contributed by atoms with Gasteiger partial charge < -0.3 is 15.4 Å². The van der Waals surface area contributed by atoms with Crippen molar-refractivity contribution in [3.63, 3.8) is 0 Å². The molecule has 3 saturated heterocycles. The third kappa shape index (κ3) is 2.43. The average Bonchev–Trinajstić information content (AvgIpc) is 2.61. The number of pyridine rings is 1. The van der Waals surface area contributed by atoms with Crippen LogP contribution in [0.3, 0.4) is 0 Å². The van der Waals surface area contributed by atoms with Crippen LogP contribution in [0.4, 0.5) is 0 Å². The van der Waals surface area contributed by atoms with Gasteiger partial charge in [0.05, 0.1) is 11.5 Å². The van der Waals surface area contributed by atoms with Gasteiger partial charge in [-0.15, -0.1) is 0 Å². The van der Waals surface area contributed by atoms with Crippen LogP contribution in [0, 0.1) is 17.0 Å². The highest BCUT2D eigenvalue weighted by Crippen LogP contribution is 2.42. The van der Waals surface area contributed by atoms with Gasteiger partial charge in [0, 0.05) is 30.3 Å². The molecule has 0 aliphatic carbocycles. The summed E-state index contributed by atoms with van der Waals surface area (Å²) in [4.78, 5) is 2.41. The van der Waals surface area contributed by atoms with Crippen LogP contribution in [-0.4, -0.2) is 34.2 Å². The minimum atomic E-state index is -0.642. The normalized spacial score (nSPS) is 30.6. The third-order valence-electron chi connectivity index (χ3n) is 6.06. The maximum Gasteiger partial charge on any atom is 0.224 e. The highest BCUT2D eigenvalue weighted by Gasteiger charge is 2.42. The summed E-state index contributed by atoms with van der Waals surface area (Å²) in [6.07, 6.45) is 4.23. The molecule has 2 aromatic rings. The maximum absolute atomic E-state index is 12.0. The van der Waals surface area contributed by atoms with Crippen molar-refractivity contribution < 1.29 is 14.9 Å². The fourth-order valence-electron chi connectivity index (χ4n) is 4.70. The first-order chi connectivity index (χ1) is 11.6. The molecule has 5 rings (SSSR count). The molecule has 24 heavy (non-hydrogen) atoms. The Bertz CT molecular complexity index is 764. The molecule has 3 fully saturated rings. The molecule has 0 spiro atoms. The zero-order valence-corrected chi connectivity index (χ0v) is 13.9. The molecule has 5 atom stereocenters. The van der Waals surface area contributed by atoms with Crippen LogP contribution < -0.4 is 4.73 Å². The molecule has 0 amide bonds. The molecule has 2 N–H and O–H groups in total. The molecule has 128 valence electrons. The molecule has 3 aliphatic heterocycles. The Balaban J connectivity index is 1.71. The van der Waals surface area contributed by atoms with Gasteiger partial charge in [0.1, 0.15) is 5.75 Å². The van der Waals surface area contributed by atoms with Gasteiger partial charge in [-0.05, 0) is 43.4 Å². The first-order valence-corrected chi connectivity index (χ1v) is 8.85. The Morgan fingerprint density at radius 3 is 2.92 bits per heavy atom. The van der Waals surface area contributed by atoms with E-state index in [1.54, 1.807) is 18.2 Å². The van der Waals surface area contributed by atoms with Crippen LogP contribution in [0.5, 0.6) is 5.75 Å². The van der Waals surface area contributed by atoms with Crippen molar-refractivity contribution in [2.45, 2.75) is 38.3 Å². The van der Waals surface area contributed by atoms with Crippen molar-refractivity contribution in [3.05, 3.63) is 41.2 Å². The first-order valence-electron chi connectivity index (χ1n) is 8.85. The Hall–Kier alpha value is -1.85. The molecule has 1 aromatic carbocycles. The van der Waals surface area contributed by atoms with E-state index in [0.717, 1.165) is 35.7 Å². The van der Waals surface area contributed by atoms with Gasteiger partial charge in [0.2, 0.25) is 5.52 Å². The van der Waals surface area contributed by atoms with Crippen molar-refractivity contribution in [1.82, 2.24) is 4.90 Å². The number of phenolic OH excluding ortho intramolecular Hbond substituents is 1. The zero-order chi connectivity index (χ0) is 16.8. The van der Waals surface area contributed by atoms with Gasteiger partial charge in [0.15, 0.2) is 6.20 Å². The quantitative estimate of drug-likeness (QED) is 0.670. The van der Waals surface area contributed by atoms with Crippen LogP contribution in [0.25, 0.3) is 10.9 Å². The number of rotatable bonds is 3. The van der Waals surface area contributed by atoms with E-state index < -0.39 is 6.10 Å². The van der Waals surface area contributed by atoms with E-state index in [4.69, 9.17) is 0 Å². The number of aliphatic hydroxyl groups excluding tert-OH is 1. The lowest BCUT2D eigenvalue weighted by Gasteiger charge is -2.51. The second kappa shape index (κ2) is 5.90. The smallest absolute Gasteiger partial charge is 0.224 e. The number of aliphatic hydroxyl groups is 1. The second-order valence-corrected chi connectivity index (χ2v) is 7.26. The van der Waals surface area contributed by atoms with Gasteiger partial charge >= 0.3 is 0 Å². The summed E-state index contributed by atoms with van der Waals surface area (Å²) in [6, 6.07) is 6.48. The number of phenols is 1. The number of hydrogen-bond acceptors (Lipinski definition) is 4. The Morgan fingerprint density at radius 1 is 1.38 bits per heavy atom. The van der Waals surface area contributed by atoms with Crippen LogP contribution >= 0.6 is 0 Å². The van der Waals surface area contributed by atoms with Crippen LogP contribution in [0.2, 0.25) is 0 Å². The molecule has 1 aromatic heterocycles. The average molecular weight is 328 g/mol. The molecule has 3 aliphatic rings. The fraction of sp³-hybridized carbons (Fsp3) is 0.526. The number of piperidine rings is 3. The number of nitrogens with zero attached hydrogens (tertiary/aromatic N) is 2. The predicted molar refractivity (Wildman–Crippen MR) is 91.4 cm³/mol. The molecular formula is C19H24N2O3. The van der Waals surface area contributed by atoms with E-state index in [2.05, 4.69) is 11.8 Å². The molecule has 5 heteroatoms. The highest BCUT2D eigenvalue weighted by molar-refractivity contribution is 5.81. The van der Waals surface area contributed by atoms with Crippen molar-refractivity contribution >= 4 is 10.9 Å². The van der Waals surface area contributed by atoms with Crippen molar-refractivity contribution in [3.8, 4) is 5.75 Å². The lowest BCUT2D eigenvalue weighted by Crippen LogP contribution is -2.55. The molecule has 1 unspecified atom stereocenters. The predicted octanol–water partition coefficient (Wildman–Crippen LogP) is 2.33. The summed E-state index contributed by atoms with van der Waals surface area (Å²) < 4.78 is 0.783. The Kier molecular flexibility index (Phi) is 3.85. The topological polar surface area (TPSA) is 70.6 Å². The lowest BCUT2D eigenvalue weighted by molar-refractivity contribution is -0.577. The largest absolute Gasteiger partial charge is 0.618 e. The molecular weight excluding hydrogens is 304 g/mol. The second-order valence-electron chi connectivity index (χ2n) is 7.26. The van der Waals surface area contributed by atoms with E-state index in [-0.39, 0.29) is 11.8 Å². The SMILES string of the molecule is CC[C@H]1CN2CC[C@H]1C[C@@H]2[C@H](O)c1cc[n+]([O-])c2ccc(O)cc12. The summed E-state index contributed by atoms with van der Waals surface area (Å²) in [7, 11) is 0. The molecule has 0 radical (unpaired) electrons. The van der Waals surface area contributed by atoms with E-state index in [1.165, 1.54) is 25.1 Å². The molecule has 2 bridgehead atoms. The fourth-order valence-corrected chi connectivity index (χ4v) is 4.70.